The monoisotopic (exact) mass is 395 g/mol. The van der Waals surface area contributed by atoms with Gasteiger partial charge in [-0.3, -0.25) is 4.79 Å². The van der Waals surface area contributed by atoms with Crippen molar-refractivity contribution < 1.29 is 14.6 Å². The van der Waals surface area contributed by atoms with Gasteiger partial charge in [-0.05, 0) is 72.1 Å². The zero-order valence-electron chi connectivity index (χ0n) is 17.2. The van der Waals surface area contributed by atoms with Crippen molar-refractivity contribution in [1.29, 1.82) is 0 Å². The van der Waals surface area contributed by atoms with Crippen LogP contribution in [0.4, 0.5) is 0 Å². The van der Waals surface area contributed by atoms with Crippen molar-refractivity contribution in [2.45, 2.75) is 70.4 Å². The number of ether oxygens (including phenoxy) is 1. The van der Waals surface area contributed by atoms with Crippen LogP contribution >= 0.6 is 0 Å². The van der Waals surface area contributed by atoms with E-state index in [1.807, 2.05) is 0 Å². The van der Waals surface area contributed by atoms with Crippen LogP contribution in [0, 0.1) is 11.8 Å². The molecule has 2 fully saturated rings. The summed E-state index contributed by atoms with van der Waals surface area (Å²) in [7, 11) is 0. The van der Waals surface area contributed by atoms with Gasteiger partial charge in [0.05, 0.1) is 12.5 Å². The Labute approximate surface area is 173 Å². The Morgan fingerprint density at radius 1 is 0.931 bits per heavy atom. The first kappa shape index (κ1) is 20.2. The van der Waals surface area contributed by atoms with Gasteiger partial charge in [-0.1, -0.05) is 43.9 Å². The topological polar surface area (TPSA) is 58.6 Å². The van der Waals surface area contributed by atoms with E-state index in [9.17, 15) is 4.79 Å². The molecule has 4 rings (SSSR count). The average molecular weight is 396 g/mol. The molecule has 0 spiro atoms. The lowest BCUT2D eigenvalue weighted by Gasteiger charge is -2.32. The van der Waals surface area contributed by atoms with Crippen LogP contribution < -0.4 is 10.1 Å². The van der Waals surface area contributed by atoms with E-state index < -0.39 is 5.97 Å². The van der Waals surface area contributed by atoms with Gasteiger partial charge in [-0.2, -0.15) is 0 Å². The number of aliphatic carboxylic acids is 1. The van der Waals surface area contributed by atoms with Crippen molar-refractivity contribution in [3.8, 4) is 5.75 Å². The van der Waals surface area contributed by atoms with Crippen molar-refractivity contribution in [1.82, 2.24) is 5.32 Å². The maximum absolute atomic E-state index is 10.6. The van der Waals surface area contributed by atoms with Crippen LogP contribution in [0.2, 0.25) is 0 Å². The highest BCUT2D eigenvalue weighted by Crippen LogP contribution is 2.40. The van der Waals surface area contributed by atoms with E-state index in [2.05, 4.69) is 41.7 Å². The first-order chi connectivity index (χ1) is 14.2. The zero-order valence-corrected chi connectivity index (χ0v) is 17.2. The van der Waals surface area contributed by atoms with Crippen LogP contribution in [0.1, 0.15) is 63.4 Å². The molecule has 2 N–H and O–H groups in total. The van der Waals surface area contributed by atoms with Crippen LogP contribution in [0.5, 0.6) is 5.75 Å². The van der Waals surface area contributed by atoms with E-state index in [0.29, 0.717) is 19.2 Å². The second-order valence-corrected chi connectivity index (χ2v) is 8.86. The Morgan fingerprint density at radius 3 is 2.38 bits per heavy atom. The maximum Gasteiger partial charge on any atom is 0.304 e. The Hall–Kier alpha value is -2.07. The number of fused-ring (bicyclic) bond motifs is 1. The summed E-state index contributed by atoms with van der Waals surface area (Å²) in [6, 6.07) is 12.8. The summed E-state index contributed by atoms with van der Waals surface area (Å²) < 4.78 is 6.34. The first-order valence-electron chi connectivity index (χ1n) is 11.3. The summed E-state index contributed by atoms with van der Waals surface area (Å²) in [5, 5.41) is 14.3. The highest BCUT2D eigenvalue weighted by atomic mass is 16.5. The molecule has 0 aliphatic heterocycles. The van der Waals surface area contributed by atoms with Crippen LogP contribution in [0.3, 0.4) is 0 Å². The number of hydrogen-bond acceptors (Lipinski definition) is 3. The molecule has 2 aliphatic rings. The molecular weight excluding hydrogens is 362 g/mol. The van der Waals surface area contributed by atoms with Gasteiger partial charge in [0.1, 0.15) is 5.75 Å². The van der Waals surface area contributed by atoms with Gasteiger partial charge in [0.15, 0.2) is 0 Å². The van der Waals surface area contributed by atoms with Crippen molar-refractivity contribution in [2.75, 3.05) is 6.54 Å². The Kier molecular flexibility index (Phi) is 6.70. The van der Waals surface area contributed by atoms with Crippen molar-refractivity contribution in [2.24, 2.45) is 11.8 Å². The van der Waals surface area contributed by atoms with Crippen LogP contribution in [0.25, 0.3) is 10.8 Å². The third-order valence-corrected chi connectivity index (χ3v) is 6.81. The molecule has 2 aliphatic carbocycles. The molecule has 4 heteroatoms. The second-order valence-electron chi connectivity index (χ2n) is 8.86. The average Bonchev–Trinajstić information content (AvgIpc) is 3.26. The molecular formula is C25H33NO3. The number of carbonyl (C=O) groups is 1. The van der Waals surface area contributed by atoms with E-state index >= 15 is 0 Å². The summed E-state index contributed by atoms with van der Waals surface area (Å²) in [6.45, 7) is 1.18. The zero-order chi connectivity index (χ0) is 20.1. The fraction of sp³-hybridized carbons (Fsp3) is 0.560. The third kappa shape index (κ3) is 5.51. The van der Waals surface area contributed by atoms with Gasteiger partial charge < -0.3 is 15.2 Å². The maximum atomic E-state index is 10.6. The summed E-state index contributed by atoms with van der Waals surface area (Å²) in [4.78, 5) is 10.6. The first-order valence-corrected chi connectivity index (χ1v) is 11.3. The summed E-state index contributed by atoms with van der Waals surface area (Å²) in [5.41, 5.74) is 1.17. The van der Waals surface area contributed by atoms with Gasteiger partial charge in [-0.15, -0.1) is 0 Å². The molecule has 29 heavy (non-hydrogen) atoms. The highest BCUT2D eigenvalue weighted by Gasteiger charge is 2.30. The molecule has 156 valence electrons. The second kappa shape index (κ2) is 9.62. The van der Waals surface area contributed by atoms with Crippen molar-refractivity contribution in [3.05, 3.63) is 42.0 Å². The van der Waals surface area contributed by atoms with E-state index in [1.165, 1.54) is 67.7 Å². The number of carboxylic acids is 1. The largest absolute Gasteiger partial charge is 0.490 e. The normalized spacial score (nSPS) is 22.8. The minimum atomic E-state index is -0.768. The predicted octanol–water partition coefficient (Wildman–Crippen LogP) is 5.53. The van der Waals surface area contributed by atoms with E-state index in [-0.39, 0.29) is 6.42 Å². The molecule has 0 aromatic heterocycles. The summed E-state index contributed by atoms with van der Waals surface area (Å²) >= 11 is 0. The van der Waals surface area contributed by atoms with Crippen molar-refractivity contribution >= 4 is 16.7 Å². The van der Waals surface area contributed by atoms with E-state index in [4.69, 9.17) is 9.84 Å². The standard InChI is InChI=1S/C25H33NO3/c27-25(28)13-14-26-17-18-5-6-22-16-24(12-9-21(22)15-18)29-23-10-7-20(8-11-23)19-3-1-2-4-19/h5-6,9,12,15-16,19-20,23,26H,1-4,7-8,10-11,13-14,17H2,(H,27,28). The Morgan fingerprint density at radius 2 is 1.62 bits per heavy atom. The number of hydrogen-bond donors (Lipinski definition) is 2. The lowest BCUT2D eigenvalue weighted by atomic mass is 9.78. The quantitative estimate of drug-likeness (QED) is 0.577. The minimum absolute atomic E-state index is 0.150. The summed E-state index contributed by atoms with van der Waals surface area (Å²) in [6.07, 6.45) is 11.4. The van der Waals surface area contributed by atoms with Crippen LogP contribution in [0.15, 0.2) is 36.4 Å². The third-order valence-electron chi connectivity index (χ3n) is 6.81. The lowest BCUT2D eigenvalue weighted by molar-refractivity contribution is -0.136. The Bertz CT molecular complexity index is 820. The molecule has 2 aromatic rings. The highest BCUT2D eigenvalue weighted by molar-refractivity contribution is 5.84. The van der Waals surface area contributed by atoms with Gasteiger partial charge in [0.2, 0.25) is 0 Å². The molecule has 0 heterocycles. The van der Waals surface area contributed by atoms with E-state index in [0.717, 1.165) is 17.6 Å². The summed E-state index contributed by atoms with van der Waals surface area (Å²) in [5.74, 6) is 2.14. The van der Waals surface area contributed by atoms with Crippen molar-refractivity contribution in [3.63, 3.8) is 0 Å². The molecule has 0 unspecified atom stereocenters. The molecule has 0 atom stereocenters. The predicted molar refractivity (Wildman–Crippen MR) is 116 cm³/mol. The molecule has 4 nitrogen and oxygen atoms in total. The Balaban J connectivity index is 1.29. The van der Waals surface area contributed by atoms with Gasteiger partial charge >= 0.3 is 5.97 Å². The SMILES string of the molecule is O=C(O)CCNCc1ccc2cc(OC3CCC(C4CCCC4)CC3)ccc2c1. The number of rotatable bonds is 8. The number of carboxylic acid groups (broad SMARTS) is 1. The number of nitrogens with one attached hydrogen (secondary N) is 1. The fourth-order valence-electron chi connectivity index (χ4n) is 5.18. The lowest BCUT2D eigenvalue weighted by Crippen LogP contribution is -2.27. The minimum Gasteiger partial charge on any atom is -0.490 e. The molecule has 0 amide bonds. The van der Waals surface area contributed by atoms with Gasteiger partial charge in [0, 0.05) is 13.1 Å². The molecule has 2 saturated carbocycles. The van der Waals surface area contributed by atoms with Crippen LogP contribution in [-0.2, 0) is 11.3 Å². The van der Waals surface area contributed by atoms with E-state index in [1.54, 1.807) is 0 Å². The fourth-order valence-corrected chi connectivity index (χ4v) is 5.18. The molecule has 0 radical (unpaired) electrons. The molecule has 0 saturated heterocycles. The molecule has 2 aromatic carbocycles. The smallest absolute Gasteiger partial charge is 0.304 e. The van der Waals surface area contributed by atoms with Crippen LogP contribution in [-0.4, -0.2) is 23.7 Å². The van der Waals surface area contributed by atoms with Gasteiger partial charge in [-0.25, -0.2) is 0 Å². The van der Waals surface area contributed by atoms with Gasteiger partial charge in [0.25, 0.3) is 0 Å². The number of benzene rings is 2. The molecule has 0 bridgehead atoms.